The smallest absolute Gasteiger partial charge is 0.261 e. The molecular formula is C25H26N2O3S. The van der Waals surface area contributed by atoms with Gasteiger partial charge in [0.05, 0.1) is 23.6 Å². The molecule has 1 amide bonds. The Morgan fingerprint density at radius 3 is 2.58 bits per heavy atom. The maximum Gasteiger partial charge on any atom is 0.261 e. The van der Waals surface area contributed by atoms with Crippen LogP contribution in [0.3, 0.4) is 0 Å². The highest BCUT2D eigenvalue weighted by atomic mass is 32.1. The molecule has 0 fully saturated rings. The third-order valence-corrected chi connectivity index (χ3v) is 6.03. The molecule has 0 unspecified atom stereocenters. The number of ether oxygens (including phenoxy) is 2. The Balaban J connectivity index is 1.43. The van der Waals surface area contributed by atoms with Crippen LogP contribution in [0.2, 0.25) is 0 Å². The Hall–Kier alpha value is -3.12. The van der Waals surface area contributed by atoms with Gasteiger partial charge in [0.25, 0.3) is 5.91 Å². The van der Waals surface area contributed by atoms with Crippen molar-refractivity contribution in [1.82, 2.24) is 10.3 Å². The molecule has 0 spiro atoms. The third kappa shape index (κ3) is 4.80. The summed E-state index contributed by atoms with van der Waals surface area (Å²) in [5.74, 6) is 1.42. The molecule has 0 saturated carbocycles. The van der Waals surface area contributed by atoms with E-state index in [1.54, 1.807) is 0 Å². The van der Waals surface area contributed by atoms with Crippen LogP contribution in [0.25, 0.3) is 21.1 Å². The Morgan fingerprint density at radius 2 is 1.77 bits per heavy atom. The fourth-order valence-corrected chi connectivity index (χ4v) is 4.46. The molecule has 0 aliphatic rings. The minimum absolute atomic E-state index is 0.0702. The van der Waals surface area contributed by atoms with Crippen LogP contribution in [0.15, 0.2) is 48.5 Å². The van der Waals surface area contributed by atoms with E-state index in [1.807, 2.05) is 44.2 Å². The average molecular weight is 435 g/mol. The van der Waals surface area contributed by atoms with Crippen LogP contribution >= 0.6 is 11.3 Å². The van der Waals surface area contributed by atoms with E-state index in [-0.39, 0.29) is 5.91 Å². The number of hydrogen-bond donors (Lipinski definition) is 1. The predicted molar refractivity (Wildman–Crippen MR) is 127 cm³/mol. The second-order valence-corrected chi connectivity index (χ2v) is 8.37. The zero-order chi connectivity index (χ0) is 21.8. The van der Waals surface area contributed by atoms with Gasteiger partial charge in [-0.1, -0.05) is 17.7 Å². The first-order valence-electron chi connectivity index (χ1n) is 10.5. The van der Waals surface area contributed by atoms with Gasteiger partial charge < -0.3 is 14.8 Å². The lowest BCUT2D eigenvalue weighted by atomic mass is 10.1. The van der Waals surface area contributed by atoms with Crippen molar-refractivity contribution in [2.24, 2.45) is 0 Å². The molecule has 6 heteroatoms. The van der Waals surface area contributed by atoms with Gasteiger partial charge in [0.15, 0.2) is 11.5 Å². The molecule has 2 aromatic heterocycles. The average Bonchev–Trinajstić information content (AvgIpc) is 3.17. The van der Waals surface area contributed by atoms with Gasteiger partial charge in [0.1, 0.15) is 4.83 Å². The zero-order valence-corrected chi connectivity index (χ0v) is 18.8. The normalized spacial score (nSPS) is 11.1. The summed E-state index contributed by atoms with van der Waals surface area (Å²) in [5, 5.41) is 5.12. The lowest BCUT2D eigenvalue weighted by molar-refractivity contribution is 0.0958. The van der Waals surface area contributed by atoms with Crippen LogP contribution in [0.5, 0.6) is 11.5 Å². The maximum atomic E-state index is 12.7. The molecule has 5 nitrogen and oxygen atoms in total. The highest BCUT2D eigenvalue weighted by Crippen LogP contribution is 2.29. The molecule has 160 valence electrons. The standard InChI is InChI=1S/C25H26N2O3S/c1-4-29-21-9-7-17(13-22(21)30-5-2)10-11-26-24(28)23-15-19-14-18-12-16(3)6-8-20(18)27-25(19)31-23/h6-9,12-15H,4-5,10-11H2,1-3H3,(H,26,28). The van der Waals surface area contributed by atoms with Crippen molar-refractivity contribution in [3.05, 3.63) is 64.5 Å². The van der Waals surface area contributed by atoms with Gasteiger partial charge in [0, 0.05) is 17.3 Å². The van der Waals surface area contributed by atoms with Gasteiger partial charge in [-0.3, -0.25) is 4.79 Å². The Labute approximate surface area is 186 Å². The van der Waals surface area contributed by atoms with Crippen LogP contribution in [-0.2, 0) is 6.42 Å². The summed E-state index contributed by atoms with van der Waals surface area (Å²) in [6.45, 7) is 7.68. The molecule has 4 rings (SSSR count). The number of carbonyl (C=O) groups is 1. The van der Waals surface area contributed by atoms with Crippen molar-refractivity contribution in [2.45, 2.75) is 27.2 Å². The number of fused-ring (bicyclic) bond motifs is 2. The van der Waals surface area contributed by atoms with Crippen LogP contribution in [0.1, 0.15) is 34.6 Å². The zero-order valence-electron chi connectivity index (χ0n) is 18.0. The molecule has 31 heavy (non-hydrogen) atoms. The molecule has 0 saturated heterocycles. The molecule has 4 aromatic rings. The molecule has 0 atom stereocenters. The lowest BCUT2D eigenvalue weighted by Gasteiger charge is -2.12. The highest BCUT2D eigenvalue weighted by Gasteiger charge is 2.12. The van der Waals surface area contributed by atoms with Gasteiger partial charge >= 0.3 is 0 Å². The van der Waals surface area contributed by atoms with E-state index in [0.717, 1.165) is 38.2 Å². The van der Waals surface area contributed by atoms with E-state index in [9.17, 15) is 4.79 Å². The maximum absolute atomic E-state index is 12.7. The molecule has 1 N–H and O–H groups in total. The number of nitrogens with one attached hydrogen (secondary N) is 1. The highest BCUT2D eigenvalue weighted by molar-refractivity contribution is 7.20. The van der Waals surface area contributed by atoms with E-state index in [2.05, 4.69) is 30.4 Å². The molecule has 0 aliphatic heterocycles. The molecule has 0 radical (unpaired) electrons. The van der Waals surface area contributed by atoms with Gasteiger partial charge in [-0.15, -0.1) is 11.3 Å². The number of thiophene rings is 1. The molecule has 2 heterocycles. The Morgan fingerprint density at radius 1 is 0.968 bits per heavy atom. The van der Waals surface area contributed by atoms with Crippen molar-refractivity contribution in [3.63, 3.8) is 0 Å². The molecule has 0 aliphatic carbocycles. The van der Waals surface area contributed by atoms with Gasteiger partial charge in [-0.05, 0) is 69.2 Å². The molecular weight excluding hydrogens is 408 g/mol. The minimum atomic E-state index is -0.0702. The molecule has 0 bridgehead atoms. The first-order valence-corrected chi connectivity index (χ1v) is 11.4. The third-order valence-electron chi connectivity index (χ3n) is 4.99. The number of hydrogen-bond acceptors (Lipinski definition) is 5. The second kappa shape index (κ2) is 9.35. The number of rotatable bonds is 8. The van der Waals surface area contributed by atoms with E-state index < -0.39 is 0 Å². The van der Waals surface area contributed by atoms with Crippen molar-refractivity contribution in [2.75, 3.05) is 19.8 Å². The Bertz CT molecular complexity index is 1230. The summed E-state index contributed by atoms with van der Waals surface area (Å²) < 4.78 is 11.3. The number of benzene rings is 2. The molecule has 2 aromatic carbocycles. The summed E-state index contributed by atoms with van der Waals surface area (Å²) >= 11 is 1.43. The van der Waals surface area contributed by atoms with Crippen LogP contribution in [-0.4, -0.2) is 30.6 Å². The number of pyridine rings is 1. The fourth-order valence-electron chi connectivity index (χ4n) is 3.52. The van der Waals surface area contributed by atoms with Crippen molar-refractivity contribution in [1.29, 1.82) is 0 Å². The summed E-state index contributed by atoms with van der Waals surface area (Å²) in [5.41, 5.74) is 3.24. The Kier molecular flexibility index (Phi) is 6.37. The largest absolute Gasteiger partial charge is 0.490 e. The number of amides is 1. The van der Waals surface area contributed by atoms with Gasteiger partial charge in [0.2, 0.25) is 0 Å². The number of aromatic nitrogens is 1. The van der Waals surface area contributed by atoms with E-state index in [0.29, 0.717) is 31.1 Å². The summed E-state index contributed by atoms with van der Waals surface area (Å²) in [6, 6.07) is 16.1. The van der Waals surface area contributed by atoms with E-state index in [4.69, 9.17) is 14.5 Å². The van der Waals surface area contributed by atoms with E-state index >= 15 is 0 Å². The fraction of sp³-hybridized carbons (Fsp3) is 0.280. The van der Waals surface area contributed by atoms with Crippen LogP contribution < -0.4 is 14.8 Å². The summed E-state index contributed by atoms with van der Waals surface area (Å²) in [6.07, 6.45) is 0.713. The predicted octanol–water partition coefficient (Wildman–Crippen LogP) is 5.53. The van der Waals surface area contributed by atoms with Crippen molar-refractivity contribution < 1.29 is 14.3 Å². The first-order chi connectivity index (χ1) is 15.1. The minimum Gasteiger partial charge on any atom is -0.490 e. The summed E-state index contributed by atoms with van der Waals surface area (Å²) in [7, 11) is 0. The lowest BCUT2D eigenvalue weighted by Crippen LogP contribution is -2.24. The second-order valence-electron chi connectivity index (χ2n) is 7.34. The topological polar surface area (TPSA) is 60.5 Å². The quantitative estimate of drug-likeness (QED) is 0.396. The first kappa shape index (κ1) is 21.1. The number of nitrogens with zero attached hydrogens (tertiary/aromatic N) is 1. The van der Waals surface area contributed by atoms with Crippen molar-refractivity contribution in [3.8, 4) is 11.5 Å². The SMILES string of the molecule is CCOc1ccc(CCNC(=O)c2cc3cc4cc(C)ccc4nc3s2)cc1OCC. The number of aryl methyl sites for hydroxylation is 1. The van der Waals surface area contributed by atoms with Gasteiger partial charge in [-0.2, -0.15) is 0 Å². The van der Waals surface area contributed by atoms with Crippen LogP contribution in [0.4, 0.5) is 0 Å². The van der Waals surface area contributed by atoms with Crippen molar-refractivity contribution >= 4 is 38.4 Å². The number of carbonyl (C=O) groups excluding carboxylic acids is 1. The monoisotopic (exact) mass is 434 g/mol. The van der Waals surface area contributed by atoms with E-state index in [1.165, 1.54) is 16.9 Å². The van der Waals surface area contributed by atoms with Crippen LogP contribution in [0, 0.1) is 6.92 Å². The summed E-state index contributed by atoms with van der Waals surface area (Å²) in [4.78, 5) is 19.0. The van der Waals surface area contributed by atoms with Gasteiger partial charge in [-0.25, -0.2) is 4.98 Å².